The molecule has 2 aromatic rings. The van der Waals surface area contributed by atoms with Gasteiger partial charge in [-0.3, -0.25) is 29.3 Å². The maximum absolute atomic E-state index is 13.9. The van der Waals surface area contributed by atoms with E-state index in [1.54, 1.807) is 56.3 Å². The van der Waals surface area contributed by atoms with Crippen molar-refractivity contribution in [1.29, 1.82) is 0 Å². The first-order valence-electron chi connectivity index (χ1n) is 12.0. The van der Waals surface area contributed by atoms with Crippen LogP contribution < -0.4 is 16.0 Å². The SMILES string of the molecule is CC(C)[C@H](NC(=O)C[C@H](NC(=O)/C=C/c1ccccc1F)c1ccccc1)C(=O)[C@@H]1C(=O)NC(=O)[C@H]1C. The zero-order chi connectivity index (χ0) is 27.1. The largest absolute Gasteiger partial charge is 0.346 e. The van der Waals surface area contributed by atoms with Crippen LogP contribution in [0.1, 0.15) is 44.4 Å². The molecular weight excluding hydrogens is 477 g/mol. The van der Waals surface area contributed by atoms with Crippen molar-refractivity contribution in [3.8, 4) is 0 Å². The first kappa shape index (κ1) is 27.4. The Bertz CT molecular complexity index is 1210. The lowest BCUT2D eigenvalue weighted by Crippen LogP contribution is -2.49. The number of carbonyl (C=O) groups is 5. The van der Waals surface area contributed by atoms with Crippen molar-refractivity contribution in [2.24, 2.45) is 17.8 Å². The van der Waals surface area contributed by atoms with Gasteiger partial charge >= 0.3 is 0 Å². The molecule has 0 unspecified atom stereocenters. The fraction of sp³-hybridized carbons (Fsp3) is 0.321. The summed E-state index contributed by atoms with van der Waals surface area (Å²) in [5.74, 6) is -5.59. The van der Waals surface area contributed by atoms with Gasteiger partial charge in [-0.2, -0.15) is 0 Å². The highest BCUT2D eigenvalue weighted by atomic mass is 19.1. The van der Waals surface area contributed by atoms with Crippen molar-refractivity contribution in [2.75, 3.05) is 0 Å². The monoisotopic (exact) mass is 507 g/mol. The molecule has 8 nitrogen and oxygen atoms in total. The van der Waals surface area contributed by atoms with Crippen LogP contribution in [0.3, 0.4) is 0 Å². The highest BCUT2D eigenvalue weighted by Gasteiger charge is 2.46. The van der Waals surface area contributed by atoms with Crippen molar-refractivity contribution < 1.29 is 28.4 Å². The van der Waals surface area contributed by atoms with Crippen LogP contribution >= 0.6 is 0 Å². The third kappa shape index (κ3) is 6.97. The van der Waals surface area contributed by atoms with E-state index < -0.39 is 59.1 Å². The maximum atomic E-state index is 13.9. The van der Waals surface area contributed by atoms with Crippen molar-refractivity contribution in [3.05, 3.63) is 77.6 Å². The molecule has 1 saturated heterocycles. The van der Waals surface area contributed by atoms with Gasteiger partial charge in [0.1, 0.15) is 11.7 Å². The molecule has 1 aliphatic heterocycles. The molecule has 0 bridgehead atoms. The minimum Gasteiger partial charge on any atom is -0.346 e. The Morgan fingerprint density at radius 2 is 1.62 bits per heavy atom. The maximum Gasteiger partial charge on any atom is 0.244 e. The second-order valence-electron chi connectivity index (χ2n) is 9.34. The van der Waals surface area contributed by atoms with E-state index in [0.717, 1.165) is 0 Å². The lowest BCUT2D eigenvalue weighted by Gasteiger charge is -2.25. The van der Waals surface area contributed by atoms with E-state index in [1.165, 1.54) is 31.2 Å². The molecule has 37 heavy (non-hydrogen) atoms. The molecule has 0 aromatic heterocycles. The molecule has 1 aliphatic rings. The number of halogens is 1. The summed E-state index contributed by atoms with van der Waals surface area (Å²) in [5, 5.41) is 7.61. The van der Waals surface area contributed by atoms with Gasteiger partial charge in [0, 0.05) is 11.6 Å². The van der Waals surface area contributed by atoms with E-state index in [-0.39, 0.29) is 17.9 Å². The molecule has 9 heteroatoms. The minimum absolute atomic E-state index is 0.189. The van der Waals surface area contributed by atoms with Crippen LogP contribution in [0, 0.1) is 23.6 Å². The Morgan fingerprint density at radius 3 is 2.22 bits per heavy atom. The van der Waals surface area contributed by atoms with Crippen LogP contribution in [-0.4, -0.2) is 35.5 Å². The first-order valence-corrected chi connectivity index (χ1v) is 12.0. The number of hydrogen-bond acceptors (Lipinski definition) is 5. The van der Waals surface area contributed by atoms with Crippen LogP contribution in [0.5, 0.6) is 0 Å². The highest BCUT2D eigenvalue weighted by molar-refractivity contribution is 6.16. The standard InChI is InChI=1S/C28H30FN3O5/c1-16(2)25(26(35)24-17(3)27(36)32-28(24)37)31-23(34)15-21(19-10-5-4-6-11-19)30-22(33)14-13-18-9-7-8-12-20(18)29/h4-14,16-17,21,24-25H,15H2,1-3H3,(H,30,33)(H,31,34)(H,32,36,37)/b14-13+/t17-,21-,24+,25-/m0/s1. The van der Waals surface area contributed by atoms with Gasteiger partial charge in [0.25, 0.3) is 0 Å². The molecule has 4 atom stereocenters. The molecule has 1 fully saturated rings. The third-order valence-electron chi connectivity index (χ3n) is 6.27. The third-order valence-corrected chi connectivity index (χ3v) is 6.27. The van der Waals surface area contributed by atoms with E-state index in [1.807, 2.05) is 0 Å². The van der Waals surface area contributed by atoms with Gasteiger partial charge in [-0.1, -0.05) is 69.3 Å². The van der Waals surface area contributed by atoms with Crippen LogP contribution in [0.4, 0.5) is 4.39 Å². The molecule has 194 valence electrons. The predicted octanol–water partition coefficient (Wildman–Crippen LogP) is 2.71. The van der Waals surface area contributed by atoms with Crippen molar-refractivity contribution in [2.45, 2.75) is 39.3 Å². The number of hydrogen-bond donors (Lipinski definition) is 3. The summed E-state index contributed by atoms with van der Waals surface area (Å²) < 4.78 is 13.9. The van der Waals surface area contributed by atoms with Gasteiger partial charge in [0.15, 0.2) is 5.78 Å². The lowest BCUT2D eigenvalue weighted by molar-refractivity contribution is -0.137. The quantitative estimate of drug-likeness (QED) is 0.259. The number of carbonyl (C=O) groups excluding carboxylic acids is 5. The Balaban J connectivity index is 1.73. The Hall–Kier alpha value is -4.14. The molecule has 4 amide bonds. The fourth-order valence-corrected chi connectivity index (χ4v) is 4.18. The number of Topliss-reactive ketones (excluding diaryl/α,β-unsaturated/α-hetero) is 1. The van der Waals surface area contributed by atoms with E-state index in [9.17, 15) is 28.4 Å². The number of nitrogens with one attached hydrogen (secondary N) is 3. The Morgan fingerprint density at radius 1 is 0.973 bits per heavy atom. The molecule has 1 heterocycles. The summed E-state index contributed by atoms with van der Waals surface area (Å²) in [6.45, 7) is 4.95. The zero-order valence-electron chi connectivity index (χ0n) is 20.9. The van der Waals surface area contributed by atoms with E-state index in [2.05, 4.69) is 16.0 Å². The topological polar surface area (TPSA) is 121 Å². The van der Waals surface area contributed by atoms with Crippen LogP contribution in [0.2, 0.25) is 0 Å². The van der Waals surface area contributed by atoms with Crippen LogP contribution in [0.25, 0.3) is 6.08 Å². The van der Waals surface area contributed by atoms with Crippen LogP contribution in [0.15, 0.2) is 60.7 Å². The van der Waals surface area contributed by atoms with Gasteiger partial charge < -0.3 is 10.6 Å². The van der Waals surface area contributed by atoms with Gasteiger partial charge in [0.2, 0.25) is 23.6 Å². The molecule has 0 aliphatic carbocycles. The summed E-state index contributed by atoms with van der Waals surface area (Å²) in [6.07, 6.45) is 2.34. The molecule has 0 spiro atoms. The van der Waals surface area contributed by atoms with Gasteiger partial charge in [0.05, 0.1) is 24.4 Å². The highest BCUT2D eigenvalue weighted by Crippen LogP contribution is 2.24. The summed E-state index contributed by atoms with van der Waals surface area (Å²) in [6, 6.07) is 13.1. The summed E-state index contributed by atoms with van der Waals surface area (Å²) in [7, 11) is 0. The van der Waals surface area contributed by atoms with Crippen LogP contribution in [-0.2, 0) is 24.0 Å². The Kier molecular flexibility index (Phi) is 9.05. The molecule has 3 rings (SSSR count). The summed E-state index contributed by atoms with van der Waals surface area (Å²) >= 11 is 0. The lowest BCUT2D eigenvalue weighted by atomic mass is 9.85. The van der Waals surface area contributed by atoms with Gasteiger partial charge in [-0.25, -0.2) is 4.39 Å². The normalized spacial score (nSPS) is 18.9. The van der Waals surface area contributed by atoms with E-state index >= 15 is 0 Å². The molecular formula is C28H30FN3O5. The van der Waals surface area contributed by atoms with Gasteiger partial charge in [-0.15, -0.1) is 0 Å². The van der Waals surface area contributed by atoms with Crippen molar-refractivity contribution in [1.82, 2.24) is 16.0 Å². The molecule has 0 saturated carbocycles. The van der Waals surface area contributed by atoms with Crippen molar-refractivity contribution >= 4 is 35.5 Å². The second-order valence-corrected chi connectivity index (χ2v) is 9.34. The smallest absolute Gasteiger partial charge is 0.244 e. The minimum atomic E-state index is -1.17. The second kappa shape index (κ2) is 12.2. The summed E-state index contributed by atoms with van der Waals surface area (Å²) in [4.78, 5) is 62.8. The Labute approximate surface area is 214 Å². The predicted molar refractivity (Wildman–Crippen MR) is 135 cm³/mol. The number of imide groups is 1. The average Bonchev–Trinajstić information content (AvgIpc) is 3.12. The number of benzene rings is 2. The van der Waals surface area contributed by atoms with E-state index in [4.69, 9.17) is 0 Å². The van der Waals surface area contributed by atoms with E-state index in [0.29, 0.717) is 5.56 Å². The van der Waals surface area contributed by atoms with Gasteiger partial charge in [-0.05, 0) is 23.6 Å². The number of ketones is 1. The van der Waals surface area contributed by atoms with Crippen molar-refractivity contribution in [3.63, 3.8) is 0 Å². The summed E-state index contributed by atoms with van der Waals surface area (Å²) in [5.41, 5.74) is 0.903. The molecule has 0 radical (unpaired) electrons. The number of amides is 4. The number of rotatable bonds is 10. The molecule has 3 N–H and O–H groups in total. The first-order chi connectivity index (χ1) is 17.6. The zero-order valence-corrected chi connectivity index (χ0v) is 20.9. The average molecular weight is 508 g/mol. The molecule has 2 aromatic carbocycles. The fourth-order valence-electron chi connectivity index (χ4n) is 4.18.